The van der Waals surface area contributed by atoms with E-state index in [0.29, 0.717) is 23.7 Å². The molecule has 0 saturated carbocycles. The van der Waals surface area contributed by atoms with Crippen LogP contribution in [0.1, 0.15) is 31.7 Å². The molecule has 3 heterocycles. The van der Waals surface area contributed by atoms with Crippen LogP contribution in [0.5, 0.6) is 0 Å². The van der Waals surface area contributed by atoms with Crippen LogP contribution in [0.2, 0.25) is 0 Å². The first kappa shape index (κ1) is 16.0. The Bertz CT molecular complexity index is 799. The molecule has 2 aliphatic rings. The summed E-state index contributed by atoms with van der Waals surface area (Å²) in [7, 11) is 0. The van der Waals surface area contributed by atoms with Crippen LogP contribution < -0.4 is 5.32 Å². The monoisotopic (exact) mass is 340 g/mol. The molecule has 2 aliphatic heterocycles. The SMILES string of the molecule is Cc1cc(F)c(NC(=O)N2C3CC(C)CC2C3)cc1-c1cccnn1. The van der Waals surface area contributed by atoms with E-state index in [4.69, 9.17) is 0 Å². The molecule has 1 N–H and O–H groups in total. The third-order valence-corrected chi connectivity index (χ3v) is 5.32. The molecule has 0 radical (unpaired) electrons. The average Bonchev–Trinajstić information content (AvgIpc) is 2.57. The van der Waals surface area contributed by atoms with E-state index in [1.165, 1.54) is 6.07 Å². The number of fused-ring (bicyclic) bond motifs is 2. The lowest BCUT2D eigenvalue weighted by molar-refractivity contribution is -0.00603. The highest BCUT2D eigenvalue weighted by Crippen LogP contribution is 2.41. The molecule has 1 aromatic carbocycles. The van der Waals surface area contributed by atoms with E-state index in [1.54, 1.807) is 18.3 Å². The molecule has 6 heteroatoms. The van der Waals surface area contributed by atoms with Gasteiger partial charge in [-0.25, -0.2) is 9.18 Å². The fourth-order valence-corrected chi connectivity index (χ4v) is 4.15. The van der Waals surface area contributed by atoms with Gasteiger partial charge in [0.05, 0.1) is 11.4 Å². The van der Waals surface area contributed by atoms with Gasteiger partial charge in [-0.1, -0.05) is 6.92 Å². The summed E-state index contributed by atoms with van der Waals surface area (Å²) >= 11 is 0. The second-order valence-electron chi connectivity index (χ2n) is 7.21. The summed E-state index contributed by atoms with van der Waals surface area (Å²) in [6.07, 6.45) is 4.73. The Labute approximate surface area is 146 Å². The maximum absolute atomic E-state index is 14.4. The Morgan fingerprint density at radius 2 is 2.04 bits per heavy atom. The predicted octanol–water partition coefficient (Wildman–Crippen LogP) is 4.00. The van der Waals surface area contributed by atoms with E-state index >= 15 is 0 Å². The van der Waals surface area contributed by atoms with Crippen molar-refractivity contribution in [3.63, 3.8) is 0 Å². The van der Waals surface area contributed by atoms with Gasteiger partial charge in [0.25, 0.3) is 0 Å². The van der Waals surface area contributed by atoms with Crippen LogP contribution in [0, 0.1) is 18.7 Å². The molecule has 4 rings (SSSR count). The number of nitrogens with zero attached hydrogens (tertiary/aromatic N) is 3. The number of amides is 2. The number of aryl methyl sites for hydroxylation is 1. The van der Waals surface area contributed by atoms with Crippen LogP contribution in [0.25, 0.3) is 11.3 Å². The van der Waals surface area contributed by atoms with Crippen molar-refractivity contribution in [2.24, 2.45) is 5.92 Å². The van der Waals surface area contributed by atoms with Crippen LogP contribution in [0.15, 0.2) is 30.5 Å². The molecule has 25 heavy (non-hydrogen) atoms. The first-order chi connectivity index (χ1) is 12.0. The lowest BCUT2D eigenvalue weighted by atomic mass is 9.74. The minimum Gasteiger partial charge on any atom is -0.318 e. The van der Waals surface area contributed by atoms with Crippen molar-refractivity contribution < 1.29 is 9.18 Å². The van der Waals surface area contributed by atoms with Gasteiger partial charge >= 0.3 is 6.03 Å². The molecule has 0 aliphatic carbocycles. The Hall–Kier alpha value is -2.50. The first-order valence-electron chi connectivity index (χ1n) is 8.70. The summed E-state index contributed by atoms with van der Waals surface area (Å²) in [5.74, 6) is 0.227. The van der Waals surface area contributed by atoms with Crippen LogP contribution in [-0.2, 0) is 0 Å². The minimum absolute atomic E-state index is 0.189. The zero-order valence-electron chi connectivity index (χ0n) is 14.4. The number of aromatic nitrogens is 2. The van der Waals surface area contributed by atoms with Crippen molar-refractivity contribution in [2.45, 2.75) is 45.2 Å². The normalized spacial score (nSPS) is 24.6. The molecule has 130 valence electrons. The van der Waals surface area contributed by atoms with E-state index in [1.807, 2.05) is 17.9 Å². The maximum atomic E-state index is 14.4. The third-order valence-electron chi connectivity index (χ3n) is 5.32. The summed E-state index contributed by atoms with van der Waals surface area (Å²) in [6.45, 7) is 4.04. The van der Waals surface area contributed by atoms with E-state index in [9.17, 15) is 9.18 Å². The lowest BCUT2D eigenvalue weighted by Crippen LogP contribution is -2.63. The highest BCUT2D eigenvalue weighted by molar-refractivity contribution is 5.91. The van der Waals surface area contributed by atoms with Gasteiger partial charge in [-0.05, 0) is 61.9 Å². The third kappa shape index (κ3) is 2.86. The highest BCUT2D eigenvalue weighted by atomic mass is 19.1. The quantitative estimate of drug-likeness (QED) is 0.899. The Morgan fingerprint density at radius 3 is 2.72 bits per heavy atom. The van der Waals surface area contributed by atoms with Crippen molar-refractivity contribution in [3.8, 4) is 11.3 Å². The topological polar surface area (TPSA) is 58.1 Å². The average molecular weight is 340 g/mol. The van der Waals surface area contributed by atoms with Gasteiger partial charge in [0, 0.05) is 23.8 Å². The van der Waals surface area contributed by atoms with E-state index in [-0.39, 0.29) is 11.7 Å². The van der Waals surface area contributed by atoms with E-state index in [0.717, 1.165) is 30.4 Å². The smallest absolute Gasteiger partial charge is 0.318 e. The number of carbonyl (C=O) groups is 1. The molecule has 2 atom stereocenters. The number of carbonyl (C=O) groups excluding carboxylic acids is 1. The molecule has 2 aromatic rings. The predicted molar refractivity (Wildman–Crippen MR) is 93.6 cm³/mol. The number of halogens is 1. The summed E-state index contributed by atoms with van der Waals surface area (Å²) < 4.78 is 14.4. The second-order valence-corrected chi connectivity index (χ2v) is 7.21. The number of hydrogen-bond donors (Lipinski definition) is 1. The van der Waals surface area contributed by atoms with Crippen molar-refractivity contribution in [1.82, 2.24) is 15.1 Å². The van der Waals surface area contributed by atoms with E-state index < -0.39 is 5.82 Å². The molecular formula is C19H21FN4O. The largest absolute Gasteiger partial charge is 0.322 e. The molecule has 5 nitrogen and oxygen atoms in total. The molecule has 2 unspecified atom stereocenters. The van der Waals surface area contributed by atoms with Crippen LogP contribution in [-0.4, -0.2) is 33.2 Å². The van der Waals surface area contributed by atoms with Gasteiger partial charge in [-0.2, -0.15) is 10.2 Å². The molecule has 1 aromatic heterocycles. The van der Waals surface area contributed by atoms with Crippen molar-refractivity contribution in [2.75, 3.05) is 5.32 Å². The fourth-order valence-electron chi connectivity index (χ4n) is 4.15. The highest BCUT2D eigenvalue weighted by Gasteiger charge is 2.46. The zero-order chi connectivity index (χ0) is 17.6. The molecule has 2 amide bonds. The molecule has 2 bridgehead atoms. The number of anilines is 1. The van der Waals surface area contributed by atoms with Gasteiger partial charge in [0.15, 0.2) is 0 Å². The Kier molecular flexibility index (Phi) is 3.90. The Balaban J connectivity index is 1.58. The second kappa shape index (κ2) is 6.10. The first-order valence-corrected chi connectivity index (χ1v) is 8.70. The van der Waals surface area contributed by atoms with Crippen molar-refractivity contribution in [3.05, 3.63) is 41.8 Å². The summed E-state index contributed by atoms with van der Waals surface area (Å²) in [5, 5.41) is 10.7. The standard InChI is InChI=1S/C19H21FN4O/c1-11-6-13-9-14(7-11)24(13)19(25)22-18-10-15(12(2)8-16(18)20)17-4-3-5-21-23-17/h3-5,8,10-11,13-14H,6-7,9H2,1-2H3,(H,22,25). The molecule has 0 spiro atoms. The fraction of sp³-hybridized carbons (Fsp3) is 0.421. The Morgan fingerprint density at radius 1 is 1.28 bits per heavy atom. The number of piperidine rings is 1. The summed E-state index contributed by atoms with van der Waals surface area (Å²) in [4.78, 5) is 14.5. The van der Waals surface area contributed by atoms with Crippen molar-refractivity contribution in [1.29, 1.82) is 0 Å². The van der Waals surface area contributed by atoms with Gasteiger partial charge < -0.3 is 10.2 Å². The van der Waals surface area contributed by atoms with Crippen LogP contribution >= 0.6 is 0 Å². The number of rotatable bonds is 2. The number of benzene rings is 1. The van der Waals surface area contributed by atoms with Crippen LogP contribution in [0.3, 0.4) is 0 Å². The van der Waals surface area contributed by atoms with Gasteiger partial charge in [-0.3, -0.25) is 0 Å². The summed E-state index contributed by atoms with van der Waals surface area (Å²) in [5.41, 5.74) is 2.37. The van der Waals surface area contributed by atoms with Gasteiger partial charge in [0.1, 0.15) is 5.82 Å². The van der Waals surface area contributed by atoms with E-state index in [2.05, 4.69) is 22.4 Å². The number of hydrogen-bond acceptors (Lipinski definition) is 3. The van der Waals surface area contributed by atoms with Crippen LogP contribution in [0.4, 0.5) is 14.9 Å². The zero-order valence-corrected chi connectivity index (χ0v) is 14.4. The minimum atomic E-state index is -0.433. The number of urea groups is 1. The number of nitrogens with one attached hydrogen (secondary N) is 1. The molecule has 2 saturated heterocycles. The lowest BCUT2D eigenvalue weighted by Gasteiger charge is -2.54. The maximum Gasteiger partial charge on any atom is 0.322 e. The van der Waals surface area contributed by atoms with Crippen molar-refractivity contribution >= 4 is 11.7 Å². The van der Waals surface area contributed by atoms with Gasteiger partial charge in [-0.15, -0.1) is 0 Å². The molecule has 2 fully saturated rings. The summed E-state index contributed by atoms with van der Waals surface area (Å²) in [6, 6.07) is 7.05. The van der Waals surface area contributed by atoms with Gasteiger partial charge in [0.2, 0.25) is 0 Å². The molecular weight excluding hydrogens is 319 g/mol.